The highest BCUT2D eigenvalue weighted by Crippen LogP contribution is 2.18. The summed E-state index contributed by atoms with van der Waals surface area (Å²) < 4.78 is 10.2. The Morgan fingerprint density at radius 2 is 2.00 bits per heavy atom. The number of thiazole rings is 1. The molecule has 6 nitrogen and oxygen atoms in total. The zero-order valence-electron chi connectivity index (χ0n) is 13.8. The van der Waals surface area contributed by atoms with E-state index in [1.165, 1.54) is 18.4 Å². The third-order valence-corrected chi connectivity index (χ3v) is 4.36. The van der Waals surface area contributed by atoms with Gasteiger partial charge in [-0.25, -0.2) is 4.98 Å². The van der Waals surface area contributed by atoms with E-state index in [-0.39, 0.29) is 11.9 Å². The Morgan fingerprint density at radius 1 is 1.24 bits per heavy atom. The van der Waals surface area contributed by atoms with Crippen LogP contribution >= 0.6 is 22.9 Å². The Morgan fingerprint density at radius 3 is 2.72 bits per heavy atom. The summed E-state index contributed by atoms with van der Waals surface area (Å²) in [5.41, 5.74) is 0.368. The maximum absolute atomic E-state index is 12.0. The number of benzene rings is 1. The first kappa shape index (κ1) is 19.2. The van der Waals surface area contributed by atoms with Crippen molar-refractivity contribution in [3.63, 3.8) is 0 Å². The van der Waals surface area contributed by atoms with Crippen molar-refractivity contribution in [2.24, 2.45) is 0 Å². The number of amides is 1. The van der Waals surface area contributed by atoms with Crippen molar-refractivity contribution in [2.45, 2.75) is 25.9 Å². The first-order valence-corrected chi connectivity index (χ1v) is 9.02. The summed E-state index contributed by atoms with van der Waals surface area (Å²) in [7, 11) is 1.36. The number of methoxy groups -OCH3 is 1. The lowest BCUT2D eigenvalue weighted by atomic mass is 10.2. The first-order chi connectivity index (χ1) is 12.1. The second-order valence-electron chi connectivity index (χ2n) is 5.16. The summed E-state index contributed by atoms with van der Waals surface area (Å²) in [6.45, 7) is 0.780. The number of carbonyl (C=O) groups excluding carboxylic acids is 2. The number of hydrogen-bond acceptors (Lipinski definition) is 6. The average Bonchev–Trinajstić information content (AvgIpc) is 3.09. The van der Waals surface area contributed by atoms with E-state index in [0.717, 1.165) is 0 Å². The summed E-state index contributed by atoms with van der Waals surface area (Å²) in [6.07, 6.45) is 1.73. The number of halogens is 1. The molecular weight excluding hydrogens is 364 g/mol. The van der Waals surface area contributed by atoms with Crippen molar-refractivity contribution in [1.82, 2.24) is 10.3 Å². The Kier molecular flexibility index (Phi) is 7.69. The van der Waals surface area contributed by atoms with E-state index in [4.69, 9.17) is 16.3 Å². The normalized spacial score (nSPS) is 10.3. The van der Waals surface area contributed by atoms with E-state index in [1.807, 2.05) is 0 Å². The van der Waals surface area contributed by atoms with E-state index in [1.54, 1.807) is 29.6 Å². The van der Waals surface area contributed by atoms with Crippen molar-refractivity contribution in [2.75, 3.05) is 13.7 Å². The van der Waals surface area contributed by atoms with Gasteiger partial charge in [-0.15, -0.1) is 11.3 Å². The largest absolute Gasteiger partial charge is 0.486 e. The van der Waals surface area contributed by atoms with Gasteiger partial charge in [0.2, 0.25) is 0 Å². The standard InChI is InChI=1S/C17H19ClN2O4S/c1-23-16(21)4-2-3-9-19-17(22)14-11-25-15(20-14)10-24-13-7-5-12(18)6-8-13/h5-8,11H,2-4,9-10H2,1H3,(H,19,22). The Hall–Kier alpha value is -2.12. The number of esters is 1. The van der Waals surface area contributed by atoms with Gasteiger partial charge >= 0.3 is 5.97 Å². The summed E-state index contributed by atoms with van der Waals surface area (Å²) in [5.74, 6) is 0.222. The molecule has 0 aliphatic rings. The molecule has 0 saturated heterocycles. The van der Waals surface area contributed by atoms with Crippen LogP contribution in [0.3, 0.4) is 0 Å². The van der Waals surface area contributed by atoms with Crippen molar-refractivity contribution in [3.05, 3.63) is 45.4 Å². The van der Waals surface area contributed by atoms with Gasteiger partial charge in [0.05, 0.1) is 7.11 Å². The summed E-state index contributed by atoms with van der Waals surface area (Å²) in [5, 5.41) is 5.84. The van der Waals surface area contributed by atoms with Gasteiger partial charge in [-0.2, -0.15) is 0 Å². The lowest BCUT2D eigenvalue weighted by Gasteiger charge is -2.04. The molecule has 0 fully saturated rings. The number of nitrogens with zero attached hydrogens (tertiary/aromatic N) is 1. The molecule has 2 aromatic rings. The van der Waals surface area contributed by atoms with Crippen molar-refractivity contribution >= 4 is 34.8 Å². The maximum Gasteiger partial charge on any atom is 0.305 e. The molecule has 0 spiro atoms. The predicted molar refractivity (Wildman–Crippen MR) is 96.1 cm³/mol. The molecule has 1 aromatic carbocycles. The minimum absolute atomic E-state index is 0.230. The van der Waals surface area contributed by atoms with Gasteiger partial charge in [-0.3, -0.25) is 9.59 Å². The molecular formula is C17H19ClN2O4S. The highest BCUT2D eigenvalue weighted by atomic mass is 35.5. The molecule has 0 unspecified atom stereocenters. The van der Waals surface area contributed by atoms with Crippen LogP contribution in [0.2, 0.25) is 5.02 Å². The van der Waals surface area contributed by atoms with Gasteiger partial charge in [0.15, 0.2) is 0 Å². The summed E-state index contributed by atoms with van der Waals surface area (Å²) in [6, 6.07) is 7.05. The second kappa shape index (κ2) is 10.0. The lowest BCUT2D eigenvalue weighted by molar-refractivity contribution is -0.140. The van der Waals surface area contributed by atoms with Gasteiger partial charge in [-0.1, -0.05) is 11.6 Å². The number of unbranched alkanes of at least 4 members (excludes halogenated alkanes) is 1. The van der Waals surface area contributed by atoms with Gasteiger partial charge in [-0.05, 0) is 37.1 Å². The number of rotatable bonds is 9. The van der Waals surface area contributed by atoms with Crippen LogP contribution in [0, 0.1) is 0 Å². The molecule has 1 aromatic heterocycles. The van der Waals surface area contributed by atoms with Crippen LogP contribution < -0.4 is 10.1 Å². The van der Waals surface area contributed by atoms with Gasteiger partial charge in [0.1, 0.15) is 23.1 Å². The van der Waals surface area contributed by atoms with E-state index in [0.29, 0.717) is 53.9 Å². The van der Waals surface area contributed by atoms with E-state index >= 15 is 0 Å². The zero-order valence-corrected chi connectivity index (χ0v) is 15.4. The quantitative estimate of drug-likeness (QED) is 0.531. The Balaban J connectivity index is 1.71. The molecule has 2 rings (SSSR count). The number of aromatic nitrogens is 1. The lowest BCUT2D eigenvalue weighted by Crippen LogP contribution is -2.24. The molecule has 1 heterocycles. The maximum atomic E-state index is 12.0. The van der Waals surface area contributed by atoms with E-state index in [2.05, 4.69) is 15.0 Å². The highest BCUT2D eigenvalue weighted by Gasteiger charge is 2.11. The molecule has 0 saturated carbocycles. The molecule has 0 aliphatic carbocycles. The number of nitrogens with one attached hydrogen (secondary N) is 1. The van der Waals surface area contributed by atoms with Crippen LogP contribution in [-0.4, -0.2) is 30.5 Å². The first-order valence-electron chi connectivity index (χ1n) is 7.76. The topological polar surface area (TPSA) is 77.5 Å². The molecule has 1 N–H and O–H groups in total. The van der Waals surface area contributed by atoms with Crippen LogP contribution in [0.4, 0.5) is 0 Å². The summed E-state index contributed by atoms with van der Waals surface area (Å²) in [4.78, 5) is 27.3. The molecule has 25 heavy (non-hydrogen) atoms. The SMILES string of the molecule is COC(=O)CCCCNC(=O)c1csc(COc2ccc(Cl)cc2)n1. The van der Waals surface area contributed by atoms with E-state index < -0.39 is 0 Å². The van der Waals surface area contributed by atoms with Gasteiger partial charge in [0, 0.05) is 23.4 Å². The van der Waals surface area contributed by atoms with Crippen molar-refractivity contribution < 1.29 is 19.1 Å². The fraction of sp³-hybridized carbons (Fsp3) is 0.353. The number of ether oxygens (including phenoxy) is 2. The monoisotopic (exact) mass is 382 g/mol. The van der Waals surface area contributed by atoms with Crippen LogP contribution in [0.5, 0.6) is 5.75 Å². The number of carbonyl (C=O) groups is 2. The zero-order chi connectivity index (χ0) is 18.1. The van der Waals surface area contributed by atoms with Crippen LogP contribution in [0.1, 0.15) is 34.8 Å². The molecule has 0 radical (unpaired) electrons. The van der Waals surface area contributed by atoms with Gasteiger partial charge < -0.3 is 14.8 Å². The molecule has 0 atom stereocenters. The predicted octanol–water partition coefficient (Wildman–Crippen LogP) is 3.45. The average molecular weight is 383 g/mol. The Labute approximate surface area is 155 Å². The fourth-order valence-electron chi connectivity index (χ4n) is 1.95. The molecule has 1 amide bonds. The van der Waals surface area contributed by atoms with Crippen LogP contribution in [0.25, 0.3) is 0 Å². The minimum atomic E-state index is -0.240. The van der Waals surface area contributed by atoms with Crippen molar-refractivity contribution in [3.8, 4) is 5.75 Å². The molecule has 134 valence electrons. The van der Waals surface area contributed by atoms with Crippen molar-refractivity contribution in [1.29, 1.82) is 0 Å². The van der Waals surface area contributed by atoms with Gasteiger partial charge in [0.25, 0.3) is 5.91 Å². The number of hydrogen-bond donors (Lipinski definition) is 1. The highest BCUT2D eigenvalue weighted by molar-refractivity contribution is 7.09. The second-order valence-corrected chi connectivity index (χ2v) is 6.54. The fourth-order valence-corrected chi connectivity index (χ4v) is 2.76. The van der Waals surface area contributed by atoms with Crippen LogP contribution in [0.15, 0.2) is 29.6 Å². The molecule has 8 heteroatoms. The molecule has 0 aliphatic heterocycles. The Bertz CT molecular complexity index is 703. The molecule has 0 bridgehead atoms. The summed E-state index contributed by atoms with van der Waals surface area (Å²) >= 11 is 7.18. The third-order valence-electron chi connectivity index (χ3n) is 3.28. The van der Waals surface area contributed by atoms with E-state index in [9.17, 15) is 9.59 Å². The third kappa shape index (κ3) is 6.72. The van der Waals surface area contributed by atoms with Crippen LogP contribution in [-0.2, 0) is 16.1 Å². The smallest absolute Gasteiger partial charge is 0.305 e. The minimum Gasteiger partial charge on any atom is -0.486 e.